The van der Waals surface area contributed by atoms with Crippen LogP contribution in [0, 0.1) is 0 Å². The molecule has 0 saturated heterocycles. The Hall–Kier alpha value is 0.394. The van der Waals surface area contributed by atoms with Crippen molar-refractivity contribution in [1.82, 2.24) is 0 Å². The van der Waals surface area contributed by atoms with E-state index < -0.39 is 16.1 Å². The first kappa shape index (κ1) is 12.4. The Morgan fingerprint density at radius 2 is 1.08 bits per heavy atom. The Morgan fingerprint density at radius 1 is 0.833 bits per heavy atom. The predicted octanol–water partition coefficient (Wildman–Crippen LogP) is 2.95. The smallest absolute Gasteiger partial charge is 0.0493 e. The van der Waals surface area contributed by atoms with E-state index in [1.54, 1.807) is 0 Å². The molecular formula is C9H24OSi2. The maximum Gasteiger partial charge on any atom is 0.0493 e. The summed E-state index contributed by atoms with van der Waals surface area (Å²) < 4.78 is 0. The van der Waals surface area contributed by atoms with Crippen LogP contribution in [0.25, 0.3) is 0 Å². The number of hydrogen-bond donors (Lipinski definition) is 1. The van der Waals surface area contributed by atoms with Gasteiger partial charge in [0.05, 0.1) is 0 Å². The molecule has 12 heavy (non-hydrogen) atoms. The fraction of sp³-hybridized carbons (Fsp3) is 1.00. The topological polar surface area (TPSA) is 20.2 Å². The Bertz CT molecular complexity index is 128. The molecule has 0 aliphatic rings. The lowest BCUT2D eigenvalue weighted by Gasteiger charge is -2.40. The second-order valence-electron chi connectivity index (χ2n) is 5.95. The summed E-state index contributed by atoms with van der Waals surface area (Å²) >= 11 is 0. The lowest BCUT2D eigenvalue weighted by atomic mass is 10.5. The van der Waals surface area contributed by atoms with E-state index in [9.17, 15) is 5.11 Å². The van der Waals surface area contributed by atoms with Gasteiger partial charge in [-0.15, -0.1) is 0 Å². The molecule has 0 bridgehead atoms. The van der Waals surface area contributed by atoms with Gasteiger partial charge in [0.2, 0.25) is 0 Å². The number of hydrogen-bond acceptors (Lipinski definition) is 1. The Kier molecular flexibility index (Phi) is 3.76. The van der Waals surface area contributed by atoms with Gasteiger partial charge in [0.1, 0.15) is 0 Å². The van der Waals surface area contributed by atoms with Crippen molar-refractivity contribution < 1.29 is 5.11 Å². The number of aliphatic hydroxyl groups is 1. The Balaban J connectivity index is 4.70. The van der Waals surface area contributed by atoms with Crippen LogP contribution in [0.15, 0.2) is 0 Å². The van der Waals surface area contributed by atoms with Gasteiger partial charge in [-0.1, -0.05) is 39.3 Å². The first-order chi connectivity index (χ1) is 5.07. The molecule has 0 aromatic heterocycles. The van der Waals surface area contributed by atoms with Gasteiger partial charge in [0.15, 0.2) is 0 Å². The van der Waals surface area contributed by atoms with Crippen molar-refractivity contribution in [2.75, 3.05) is 0 Å². The van der Waals surface area contributed by atoms with Gasteiger partial charge < -0.3 is 5.11 Å². The van der Waals surface area contributed by atoms with E-state index in [-0.39, 0.29) is 6.10 Å². The highest BCUT2D eigenvalue weighted by Crippen LogP contribution is 2.34. The summed E-state index contributed by atoms with van der Waals surface area (Å²) in [5.74, 6) is 0. The van der Waals surface area contributed by atoms with Gasteiger partial charge in [0, 0.05) is 22.3 Å². The number of aliphatic hydroxyl groups excluding tert-OH is 1. The van der Waals surface area contributed by atoms with Crippen LogP contribution in [0.2, 0.25) is 44.4 Å². The van der Waals surface area contributed by atoms with Crippen molar-refractivity contribution in [3.05, 3.63) is 0 Å². The maximum absolute atomic E-state index is 9.75. The van der Waals surface area contributed by atoms with Gasteiger partial charge >= 0.3 is 0 Å². The SMILES string of the molecule is CC(O)C([Si](C)(C)C)[Si](C)(C)C. The van der Waals surface area contributed by atoms with Gasteiger partial charge in [-0.3, -0.25) is 0 Å². The second kappa shape index (κ2) is 3.64. The van der Waals surface area contributed by atoms with Crippen molar-refractivity contribution >= 4 is 16.1 Å². The first-order valence-corrected chi connectivity index (χ1v) is 11.9. The van der Waals surface area contributed by atoms with E-state index in [0.717, 1.165) is 0 Å². The molecule has 0 amide bonds. The summed E-state index contributed by atoms with van der Waals surface area (Å²) in [4.78, 5) is 0. The molecule has 1 nitrogen and oxygen atoms in total. The van der Waals surface area contributed by atoms with E-state index in [1.807, 2.05) is 6.92 Å². The molecule has 0 fully saturated rings. The molecule has 0 saturated carbocycles. The maximum atomic E-state index is 9.75. The third-order valence-electron chi connectivity index (χ3n) is 2.35. The van der Waals surface area contributed by atoms with Gasteiger partial charge in [-0.05, 0) is 12.1 Å². The molecule has 0 aliphatic heterocycles. The zero-order valence-electron chi connectivity index (χ0n) is 9.60. The predicted molar refractivity (Wildman–Crippen MR) is 62.1 cm³/mol. The molecule has 0 aromatic carbocycles. The van der Waals surface area contributed by atoms with Crippen LogP contribution in [-0.4, -0.2) is 27.4 Å². The molecular weight excluding hydrogens is 180 g/mol. The molecule has 1 N–H and O–H groups in total. The summed E-state index contributed by atoms with van der Waals surface area (Å²) in [5.41, 5.74) is 0. The van der Waals surface area contributed by atoms with E-state index in [1.165, 1.54) is 0 Å². The standard InChI is InChI=1S/C9H24OSi2/c1-8(10)9(11(2,3)4)12(5,6)7/h8-10H,1-7H3. The summed E-state index contributed by atoms with van der Waals surface area (Å²) in [7, 11) is -2.35. The molecule has 0 rings (SSSR count). The molecule has 1 unspecified atom stereocenters. The van der Waals surface area contributed by atoms with Crippen LogP contribution in [-0.2, 0) is 0 Å². The molecule has 1 atom stereocenters. The molecule has 0 aliphatic carbocycles. The highest BCUT2D eigenvalue weighted by molar-refractivity contribution is 6.96. The van der Waals surface area contributed by atoms with E-state index in [0.29, 0.717) is 5.16 Å². The quantitative estimate of drug-likeness (QED) is 0.701. The van der Waals surface area contributed by atoms with Crippen molar-refractivity contribution in [2.45, 2.75) is 57.5 Å². The minimum absolute atomic E-state index is 0.108. The second-order valence-corrected chi connectivity index (χ2v) is 17.2. The summed E-state index contributed by atoms with van der Waals surface area (Å²) in [6, 6.07) is 0. The zero-order valence-corrected chi connectivity index (χ0v) is 11.6. The van der Waals surface area contributed by atoms with E-state index in [2.05, 4.69) is 39.3 Å². The molecule has 0 spiro atoms. The first-order valence-electron chi connectivity index (χ1n) is 4.75. The van der Waals surface area contributed by atoms with Gasteiger partial charge in [0.25, 0.3) is 0 Å². The molecule has 0 heterocycles. The van der Waals surface area contributed by atoms with Crippen LogP contribution < -0.4 is 0 Å². The van der Waals surface area contributed by atoms with Crippen molar-refractivity contribution in [1.29, 1.82) is 0 Å². The van der Waals surface area contributed by atoms with Crippen LogP contribution in [0.4, 0.5) is 0 Å². The zero-order chi connectivity index (χ0) is 10.2. The Labute approximate surface area is 79.2 Å². The van der Waals surface area contributed by atoms with Crippen molar-refractivity contribution in [3.63, 3.8) is 0 Å². The van der Waals surface area contributed by atoms with Gasteiger partial charge in [-0.2, -0.15) is 0 Å². The average Bonchev–Trinajstić information content (AvgIpc) is 1.49. The lowest BCUT2D eigenvalue weighted by Crippen LogP contribution is -2.48. The highest BCUT2D eigenvalue weighted by Gasteiger charge is 2.40. The monoisotopic (exact) mass is 204 g/mol. The summed E-state index contributed by atoms with van der Waals surface area (Å²) in [6.45, 7) is 16.1. The molecule has 74 valence electrons. The van der Waals surface area contributed by atoms with Crippen LogP contribution in [0.1, 0.15) is 6.92 Å². The van der Waals surface area contributed by atoms with Crippen molar-refractivity contribution in [3.8, 4) is 0 Å². The number of rotatable bonds is 3. The fourth-order valence-corrected chi connectivity index (χ4v) is 16.0. The van der Waals surface area contributed by atoms with E-state index in [4.69, 9.17) is 0 Å². The highest BCUT2D eigenvalue weighted by atomic mass is 28.4. The van der Waals surface area contributed by atoms with E-state index >= 15 is 0 Å². The largest absolute Gasteiger partial charge is 0.394 e. The third kappa shape index (κ3) is 3.41. The minimum atomic E-state index is -1.17. The molecule has 3 heteroatoms. The van der Waals surface area contributed by atoms with Gasteiger partial charge in [-0.25, -0.2) is 0 Å². The lowest BCUT2D eigenvalue weighted by molar-refractivity contribution is 0.201. The minimum Gasteiger partial charge on any atom is -0.394 e. The molecule has 0 aromatic rings. The fourth-order valence-electron chi connectivity index (χ4n) is 2.75. The molecule has 0 radical (unpaired) electrons. The summed E-state index contributed by atoms with van der Waals surface area (Å²) in [5, 5.41) is 10.4. The van der Waals surface area contributed by atoms with Crippen LogP contribution >= 0.6 is 0 Å². The summed E-state index contributed by atoms with van der Waals surface area (Å²) in [6.07, 6.45) is -0.108. The third-order valence-corrected chi connectivity index (χ3v) is 12.2. The van der Waals surface area contributed by atoms with Crippen LogP contribution in [0.5, 0.6) is 0 Å². The average molecular weight is 204 g/mol. The van der Waals surface area contributed by atoms with Crippen LogP contribution in [0.3, 0.4) is 0 Å². The Morgan fingerprint density at radius 3 is 1.08 bits per heavy atom. The van der Waals surface area contributed by atoms with Crippen molar-refractivity contribution in [2.24, 2.45) is 0 Å². The normalized spacial score (nSPS) is 16.8.